The molecule has 188 valence electrons. The number of carbonyl (C=O) groups excluding carboxylic acids is 3. The third-order valence-electron chi connectivity index (χ3n) is 5.23. The standard InChI is InChI=1S/C25H16Cl2N2O7S/c1-35-21-10-14(8-9-20(21)36-24(31)15-4-2-5-16(12-15)29(33)34)11-22-23(30)28(25(32)37-22)13-17-18(26)6-3-7-19(17)27/h2-12H,13H2,1H3/b22-11-. The maximum absolute atomic E-state index is 12.9. The number of imide groups is 1. The quantitative estimate of drug-likeness (QED) is 0.108. The number of nitro groups is 1. The highest BCUT2D eigenvalue weighted by Gasteiger charge is 2.35. The van der Waals surface area contributed by atoms with Crippen molar-refractivity contribution >= 4 is 63.8 Å². The zero-order valence-electron chi connectivity index (χ0n) is 19.0. The van der Waals surface area contributed by atoms with E-state index in [1.54, 1.807) is 24.3 Å². The number of halogens is 2. The summed E-state index contributed by atoms with van der Waals surface area (Å²) in [6.45, 7) is -0.0730. The van der Waals surface area contributed by atoms with Gasteiger partial charge in [-0.05, 0) is 53.7 Å². The van der Waals surface area contributed by atoms with E-state index in [2.05, 4.69) is 0 Å². The molecule has 0 N–H and O–H groups in total. The number of methoxy groups -OCH3 is 1. The molecule has 1 saturated heterocycles. The highest BCUT2D eigenvalue weighted by molar-refractivity contribution is 8.18. The third kappa shape index (κ3) is 5.77. The third-order valence-corrected chi connectivity index (χ3v) is 6.85. The molecule has 3 aromatic carbocycles. The lowest BCUT2D eigenvalue weighted by Crippen LogP contribution is -2.27. The predicted molar refractivity (Wildman–Crippen MR) is 139 cm³/mol. The van der Waals surface area contributed by atoms with E-state index >= 15 is 0 Å². The number of carbonyl (C=O) groups is 3. The second kappa shape index (κ2) is 11.0. The summed E-state index contributed by atoms with van der Waals surface area (Å²) in [5.41, 5.74) is 0.717. The zero-order chi connectivity index (χ0) is 26.7. The SMILES string of the molecule is COc1cc(/C=C2\SC(=O)N(Cc3c(Cl)cccc3Cl)C2=O)ccc1OC(=O)c1cccc([N+](=O)[O-])c1. The molecule has 1 aliphatic heterocycles. The van der Waals surface area contributed by atoms with Gasteiger partial charge in [-0.25, -0.2) is 4.79 Å². The van der Waals surface area contributed by atoms with E-state index in [0.29, 0.717) is 21.2 Å². The second-order valence-corrected chi connectivity index (χ2v) is 9.38. The topological polar surface area (TPSA) is 116 Å². The number of hydrogen-bond donors (Lipinski definition) is 0. The molecule has 0 bridgehead atoms. The van der Waals surface area contributed by atoms with Crippen LogP contribution in [0.1, 0.15) is 21.5 Å². The Bertz CT molecular complexity index is 1450. The van der Waals surface area contributed by atoms with Crippen molar-refractivity contribution in [2.45, 2.75) is 6.54 Å². The fourth-order valence-electron chi connectivity index (χ4n) is 3.39. The van der Waals surface area contributed by atoms with Gasteiger partial charge in [0.15, 0.2) is 11.5 Å². The zero-order valence-corrected chi connectivity index (χ0v) is 21.3. The summed E-state index contributed by atoms with van der Waals surface area (Å²) in [6, 6.07) is 14.6. The minimum Gasteiger partial charge on any atom is -0.493 e. The first-order valence-corrected chi connectivity index (χ1v) is 12.1. The van der Waals surface area contributed by atoms with E-state index in [0.717, 1.165) is 22.7 Å². The van der Waals surface area contributed by atoms with Crippen molar-refractivity contribution in [3.8, 4) is 11.5 Å². The lowest BCUT2D eigenvalue weighted by molar-refractivity contribution is -0.384. The Labute approximate surface area is 224 Å². The Morgan fingerprint density at radius 2 is 1.76 bits per heavy atom. The summed E-state index contributed by atoms with van der Waals surface area (Å²) in [4.78, 5) is 49.5. The number of non-ortho nitro benzene ring substituents is 1. The Kier molecular flexibility index (Phi) is 7.82. The fourth-order valence-corrected chi connectivity index (χ4v) is 4.75. The summed E-state index contributed by atoms with van der Waals surface area (Å²) in [5, 5.41) is 11.2. The molecule has 37 heavy (non-hydrogen) atoms. The van der Waals surface area contributed by atoms with Gasteiger partial charge in [-0.2, -0.15) is 0 Å². The molecule has 2 amide bonds. The summed E-state index contributed by atoms with van der Waals surface area (Å²) < 4.78 is 10.7. The highest BCUT2D eigenvalue weighted by Crippen LogP contribution is 2.37. The Morgan fingerprint density at radius 1 is 1.05 bits per heavy atom. The summed E-state index contributed by atoms with van der Waals surface area (Å²) in [6.07, 6.45) is 1.51. The Morgan fingerprint density at radius 3 is 2.43 bits per heavy atom. The summed E-state index contributed by atoms with van der Waals surface area (Å²) >= 11 is 13.1. The second-order valence-electron chi connectivity index (χ2n) is 7.58. The molecule has 0 aliphatic carbocycles. The van der Waals surface area contributed by atoms with Crippen molar-refractivity contribution in [1.29, 1.82) is 0 Å². The monoisotopic (exact) mass is 558 g/mol. The van der Waals surface area contributed by atoms with Crippen LogP contribution >= 0.6 is 35.0 Å². The van der Waals surface area contributed by atoms with Crippen molar-refractivity contribution < 1.29 is 28.8 Å². The van der Waals surface area contributed by atoms with Crippen molar-refractivity contribution in [3.05, 3.63) is 102 Å². The highest BCUT2D eigenvalue weighted by atomic mass is 35.5. The van der Waals surface area contributed by atoms with Crippen LogP contribution in [-0.4, -0.2) is 34.0 Å². The molecular weight excluding hydrogens is 543 g/mol. The molecular formula is C25H16Cl2N2O7S. The van der Waals surface area contributed by atoms with Crippen LogP contribution in [0.25, 0.3) is 6.08 Å². The Balaban J connectivity index is 1.53. The first-order chi connectivity index (χ1) is 17.7. The van der Waals surface area contributed by atoms with Crippen LogP contribution in [0.15, 0.2) is 65.6 Å². The van der Waals surface area contributed by atoms with Gasteiger partial charge in [0.05, 0.1) is 29.0 Å². The van der Waals surface area contributed by atoms with Gasteiger partial charge in [-0.3, -0.25) is 24.6 Å². The largest absolute Gasteiger partial charge is 0.493 e. The molecule has 3 aromatic rings. The molecule has 0 spiro atoms. The maximum Gasteiger partial charge on any atom is 0.343 e. The van der Waals surface area contributed by atoms with Crippen LogP contribution in [0.5, 0.6) is 11.5 Å². The first kappa shape index (κ1) is 26.2. The minimum absolute atomic E-state index is 0.00683. The predicted octanol–water partition coefficient (Wildman–Crippen LogP) is 6.37. The van der Waals surface area contributed by atoms with Gasteiger partial charge < -0.3 is 9.47 Å². The number of benzene rings is 3. The summed E-state index contributed by atoms with van der Waals surface area (Å²) in [5.74, 6) is -1.08. The fraction of sp³-hybridized carbons (Fsp3) is 0.0800. The van der Waals surface area contributed by atoms with E-state index in [1.165, 1.54) is 43.5 Å². The molecule has 9 nitrogen and oxygen atoms in total. The minimum atomic E-state index is -0.811. The maximum atomic E-state index is 12.9. The summed E-state index contributed by atoms with van der Waals surface area (Å²) in [7, 11) is 1.37. The number of nitrogens with zero attached hydrogens (tertiary/aromatic N) is 2. The molecule has 1 fully saturated rings. The Hall–Kier alpha value is -3.86. The number of ether oxygens (including phenoxy) is 2. The number of thioether (sulfide) groups is 1. The lowest BCUT2D eigenvalue weighted by atomic mass is 10.1. The van der Waals surface area contributed by atoms with Gasteiger partial charge in [0.2, 0.25) is 0 Å². The van der Waals surface area contributed by atoms with Crippen molar-refractivity contribution in [1.82, 2.24) is 4.90 Å². The smallest absolute Gasteiger partial charge is 0.343 e. The number of esters is 1. The molecule has 0 saturated carbocycles. The van der Waals surface area contributed by atoms with Gasteiger partial charge >= 0.3 is 5.97 Å². The van der Waals surface area contributed by atoms with Gasteiger partial charge in [0.1, 0.15) is 0 Å². The molecule has 4 rings (SSSR count). The van der Waals surface area contributed by atoms with Crippen LogP contribution in [0.4, 0.5) is 10.5 Å². The van der Waals surface area contributed by atoms with Crippen LogP contribution in [0.3, 0.4) is 0 Å². The molecule has 0 unspecified atom stereocenters. The van der Waals surface area contributed by atoms with Gasteiger partial charge in [-0.1, -0.05) is 41.4 Å². The lowest BCUT2D eigenvalue weighted by Gasteiger charge is -2.14. The van der Waals surface area contributed by atoms with Crippen molar-refractivity contribution in [2.75, 3.05) is 7.11 Å². The molecule has 0 aromatic heterocycles. The van der Waals surface area contributed by atoms with E-state index in [-0.39, 0.29) is 34.2 Å². The normalized spacial score (nSPS) is 14.2. The van der Waals surface area contributed by atoms with Crippen molar-refractivity contribution in [2.24, 2.45) is 0 Å². The van der Waals surface area contributed by atoms with Crippen LogP contribution < -0.4 is 9.47 Å². The molecule has 0 radical (unpaired) electrons. The molecule has 0 atom stereocenters. The number of hydrogen-bond acceptors (Lipinski definition) is 8. The van der Waals surface area contributed by atoms with Gasteiger partial charge in [-0.15, -0.1) is 0 Å². The molecule has 1 heterocycles. The average molecular weight is 559 g/mol. The van der Waals surface area contributed by atoms with E-state index in [1.807, 2.05) is 0 Å². The van der Waals surface area contributed by atoms with Crippen LogP contribution in [0.2, 0.25) is 10.0 Å². The molecule has 1 aliphatic rings. The van der Waals surface area contributed by atoms with E-state index < -0.39 is 22.0 Å². The van der Waals surface area contributed by atoms with Gasteiger partial charge in [0, 0.05) is 27.7 Å². The average Bonchev–Trinajstić information content (AvgIpc) is 3.14. The number of amides is 2. The van der Waals surface area contributed by atoms with E-state index in [4.69, 9.17) is 32.7 Å². The van der Waals surface area contributed by atoms with E-state index in [9.17, 15) is 24.5 Å². The first-order valence-electron chi connectivity index (χ1n) is 10.5. The number of rotatable bonds is 7. The number of nitro benzene ring substituents is 1. The molecule has 12 heteroatoms. The van der Waals surface area contributed by atoms with Crippen LogP contribution in [0, 0.1) is 10.1 Å². The van der Waals surface area contributed by atoms with Gasteiger partial charge in [0.25, 0.3) is 16.8 Å². The van der Waals surface area contributed by atoms with Crippen molar-refractivity contribution in [3.63, 3.8) is 0 Å². The van der Waals surface area contributed by atoms with Crippen LogP contribution in [-0.2, 0) is 11.3 Å².